The third-order valence-electron chi connectivity index (χ3n) is 3.78. The molecule has 1 atom stereocenters. The van der Waals surface area contributed by atoms with Crippen LogP contribution in [0.5, 0.6) is 0 Å². The number of carbonyl (C=O) groups is 1. The van der Waals surface area contributed by atoms with Gasteiger partial charge in [0.05, 0.1) is 25.3 Å². The van der Waals surface area contributed by atoms with Gasteiger partial charge in [-0.25, -0.2) is 0 Å². The molecule has 6 heteroatoms. The monoisotopic (exact) mass is 281 g/mol. The third-order valence-corrected chi connectivity index (χ3v) is 3.78. The van der Waals surface area contributed by atoms with E-state index in [0.29, 0.717) is 19.0 Å². The van der Waals surface area contributed by atoms with E-state index in [0.717, 1.165) is 43.3 Å². The Morgan fingerprint density at radius 2 is 2.10 bits per heavy atom. The van der Waals surface area contributed by atoms with Gasteiger partial charge in [0, 0.05) is 31.2 Å². The number of aryl methyl sites for hydroxylation is 2. The van der Waals surface area contributed by atoms with Crippen molar-refractivity contribution in [2.75, 3.05) is 32.8 Å². The van der Waals surface area contributed by atoms with Crippen LogP contribution in [0, 0.1) is 13.8 Å². The van der Waals surface area contributed by atoms with Crippen molar-refractivity contribution in [3.63, 3.8) is 0 Å². The maximum absolute atomic E-state index is 12.0. The first-order valence-electron chi connectivity index (χ1n) is 7.08. The molecule has 2 heterocycles. The lowest BCUT2D eigenvalue weighted by atomic mass is 10.1. The SMILES string of the molecule is Cc1noc(C)c1CC(=O)NC[C@H](C)N1CCOCC1. The molecule has 0 aromatic carbocycles. The van der Waals surface area contributed by atoms with E-state index in [1.807, 2.05) is 13.8 Å². The molecule has 1 aromatic rings. The Kier molecular flexibility index (Phi) is 5.14. The van der Waals surface area contributed by atoms with E-state index in [-0.39, 0.29) is 5.91 Å². The van der Waals surface area contributed by atoms with E-state index in [1.54, 1.807) is 0 Å². The van der Waals surface area contributed by atoms with Crippen molar-refractivity contribution in [2.45, 2.75) is 33.2 Å². The minimum Gasteiger partial charge on any atom is -0.379 e. The zero-order valence-electron chi connectivity index (χ0n) is 12.4. The van der Waals surface area contributed by atoms with Crippen LogP contribution in [-0.2, 0) is 16.0 Å². The molecule has 0 aliphatic carbocycles. The predicted octanol–water partition coefficient (Wildman–Crippen LogP) is 0.671. The lowest BCUT2D eigenvalue weighted by molar-refractivity contribution is -0.120. The second kappa shape index (κ2) is 6.85. The van der Waals surface area contributed by atoms with Gasteiger partial charge in [-0.3, -0.25) is 9.69 Å². The molecule has 0 bridgehead atoms. The van der Waals surface area contributed by atoms with Crippen LogP contribution in [0.4, 0.5) is 0 Å². The fourth-order valence-electron chi connectivity index (χ4n) is 2.39. The molecule has 1 fully saturated rings. The molecule has 1 amide bonds. The van der Waals surface area contributed by atoms with E-state index in [1.165, 1.54) is 0 Å². The number of nitrogens with one attached hydrogen (secondary N) is 1. The first-order valence-corrected chi connectivity index (χ1v) is 7.08. The van der Waals surface area contributed by atoms with Crippen LogP contribution in [0.2, 0.25) is 0 Å². The van der Waals surface area contributed by atoms with Gasteiger partial charge in [-0.1, -0.05) is 5.16 Å². The molecule has 6 nitrogen and oxygen atoms in total. The molecule has 1 N–H and O–H groups in total. The smallest absolute Gasteiger partial charge is 0.224 e. The molecule has 0 saturated carbocycles. The topological polar surface area (TPSA) is 67.6 Å². The highest BCUT2D eigenvalue weighted by Crippen LogP contribution is 2.12. The highest BCUT2D eigenvalue weighted by molar-refractivity contribution is 5.79. The summed E-state index contributed by atoms with van der Waals surface area (Å²) in [5.74, 6) is 0.735. The van der Waals surface area contributed by atoms with Gasteiger partial charge < -0.3 is 14.6 Å². The molecule has 1 saturated heterocycles. The maximum Gasteiger partial charge on any atom is 0.224 e. The molecule has 2 rings (SSSR count). The second-order valence-corrected chi connectivity index (χ2v) is 5.28. The van der Waals surface area contributed by atoms with Crippen LogP contribution in [-0.4, -0.2) is 54.9 Å². The second-order valence-electron chi connectivity index (χ2n) is 5.28. The molecule has 112 valence electrons. The number of carbonyl (C=O) groups excluding carboxylic acids is 1. The van der Waals surface area contributed by atoms with E-state index in [2.05, 4.69) is 22.3 Å². The number of nitrogens with zero attached hydrogens (tertiary/aromatic N) is 2. The van der Waals surface area contributed by atoms with Crippen LogP contribution in [0.3, 0.4) is 0 Å². The highest BCUT2D eigenvalue weighted by atomic mass is 16.5. The van der Waals surface area contributed by atoms with Gasteiger partial charge in [0.1, 0.15) is 5.76 Å². The van der Waals surface area contributed by atoms with E-state index in [4.69, 9.17) is 9.26 Å². The van der Waals surface area contributed by atoms with Gasteiger partial charge in [-0.05, 0) is 20.8 Å². The Morgan fingerprint density at radius 1 is 1.40 bits per heavy atom. The van der Waals surface area contributed by atoms with Gasteiger partial charge in [-0.2, -0.15) is 0 Å². The molecule has 0 radical (unpaired) electrons. The summed E-state index contributed by atoms with van der Waals surface area (Å²) < 4.78 is 10.4. The predicted molar refractivity (Wildman–Crippen MR) is 74.5 cm³/mol. The molecule has 1 aliphatic heterocycles. The number of morpholine rings is 1. The van der Waals surface area contributed by atoms with Crippen molar-refractivity contribution in [1.29, 1.82) is 0 Å². The zero-order valence-corrected chi connectivity index (χ0v) is 12.4. The lowest BCUT2D eigenvalue weighted by Gasteiger charge is -2.32. The van der Waals surface area contributed by atoms with Crippen molar-refractivity contribution in [3.05, 3.63) is 17.0 Å². The molecule has 20 heavy (non-hydrogen) atoms. The van der Waals surface area contributed by atoms with Gasteiger partial charge in [0.25, 0.3) is 0 Å². The number of aromatic nitrogens is 1. The Bertz CT molecular complexity index is 433. The summed E-state index contributed by atoms with van der Waals surface area (Å²) in [5.41, 5.74) is 1.68. The van der Waals surface area contributed by atoms with Crippen molar-refractivity contribution >= 4 is 5.91 Å². The molecular formula is C14H23N3O3. The van der Waals surface area contributed by atoms with E-state index >= 15 is 0 Å². The lowest BCUT2D eigenvalue weighted by Crippen LogP contribution is -2.47. The fraction of sp³-hybridized carbons (Fsp3) is 0.714. The van der Waals surface area contributed by atoms with Crippen LogP contribution in [0.1, 0.15) is 23.9 Å². The molecule has 1 aliphatic rings. The molecular weight excluding hydrogens is 258 g/mol. The van der Waals surface area contributed by atoms with Gasteiger partial charge >= 0.3 is 0 Å². The zero-order chi connectivity index (χ0) is 14.5. The molecule has 1 aromatic heterocycles. The Labute approximate surface area is 119 Å². The molecule has 0 unspecified atom stereocenters. The Morgan fingerprint density at radius 3 is 2.70 bits per heavy atom. The van der Waals surface area contributed by atoms with E-state index < -0.39 is 0 Å². The maximum atomic E-state index is 12.0. The first kappa shape index (κ1) is 15.0. The van der Waals surface area contributed by atoms with Crippen LogP contribution in [0.25, 0.3) is 0 Å². The minimum absolute atomic E-state index is 0.0134. The van der Waals surface area contributed by atoms with E-state index in [9.17, 15) is 4.79 Å². The summed E-state index contributed by atoms with van der Waals surface area (Å²) >= 11 is 0. The summed E-state index contributed by atoms with van der Waals surface area (Å²) in [6.07, 6.45) is 0.330. The summed E-state index contributed by atoms with van der Waals surface area (Å²) in [6, 6.07) is 0.326. The first-order chi connectivity index (χ1) is 9.58. The summed E-state index contributed by atoms with van der Waals surface area (Å²) in [7, 11) is 0. The third kappa shape index (κ3) is 3.80. The number of ether oxygens (including phenoxy) is 1. The average molecular weight is 281 g/mol. The summed E-state index contributed by atoms with van der Waals surface area (Å²) in [4.78, 5) is 14.3. The normalized spacial score (nSPS) is 17.9. The number of amides is 1. The summed E-state index contributed by atoms with van der Waals surface area (Å²) in [5, 5.41) is 6.84. The number of hydrogen-bond acceptors (Lipinski definition) is 5. The Balaban J connectivity index is 1.77. The van der Waals surface area contributed by atoms with Crippen molar-refractivity contribution in [1.82, 2.24) is 15.4 Å². The minimum atomic E-state index is 0.0134. The standard InChI is InChI=1S/C14H23N3O3/c1-10(17-4-6-19-7-5-17)9-15-14(18)8-13-11(2)16-20-12(13)3/h10H,4-9H2,1-3H3,(H,15,18)/t10-/m0/s1. The summed E-state index contributed by atoms with van der Waals surface area (Å²) in [6.45, 7) is 9.88. The van der Waals surface area contributed by atoms with Crippen LogP contribution < -0.4 is 5.32 Å². The van der Waals surface area contributed by atoms with Gasteiger partial charge in [0.15, 0.2) is 0 Å². The number of rotatable bonds is 5. The largest absolute Gasteiger partial charge is 0.379 e. The van der Waals surface area contributed by atoms with Crippen molar-refractivity contribution in [2.24, 2.45) is 0 Å². The fourth-order valence-corrected chi connectivity index (χ4v) is 2.39. The Hall–Kier alpha value is -1.40. The van der Waals surface area contributed by atoms with Crippen molar-refractivity contribution < 1.29 is 14.1 Å². The quantitative estimate of drug-likeness (QED) is 0.859. The highest BCUT2D eigenvalue weighted by Gasteiger charge is 2.18. The van der Waals surface area contributed by atoms with Crippen LogP contribution in [0.15, 0.2) is 4.52 Å². The molecule has 0 spiro atoms. The average Bonchev–Trinajstić information content (AvgIpc) is 2.77. The van der Waals surface area contributed by atoms with Gasteiger partial charge in [-0.15, -0.1) is 0 Å². The number of hydrogen-bond donors (Lipinski definition) is 1. The van der Waals surface area contributed by atoms with Gasteiger partial charge in [0.2, 0.25) is 5.91 Å². The van der Waals surface area contributed by atoms with Crippen LogP contribution >= 0.6 is 0 Å². The van der Waals surface area contributed by atoms with Crippen molar-refractivity contribution in [3.8, 4) is 0 Å².